The Labute approximate surface area is 166 Å². The van der Waals surface area contributed by atoms with Crippen molar-refractivity contribution >= 4 is 20.0 Å². The summed E-state index contributed by atoms with van der Waals surface area (Å²) < 4.78 is 126. The van der Waals surface area contributed by atoms with Crippen LogP contribution in [0.4, 0.5) is 26.3 Å². The van der Waals surface area contributed by atoms with Gasteiger partial charge in [0.2, 0.25) is 0 Å². The molecule has 0 amide bonds. The van der Waals surface area contributed by atoms with Gasteiger partial charge in [-0.3, -0.25) is 9.97 Å². The normalized spacial score (nSPS) is 15.5. The van der Waals surface area contributed by atoms with E-state index in [2.05, 4.69) is 9.97 Å². The fourth-order valence-corrected chi connectivity index (χ4v) is 3.64. The van der Waals surface area contributed by atoms with Crippen LogP contribution in [0.5, 0.6) is 0 Å². The van der Waals surface area contributed by atoms with Crippen molar-refractivity contribution in [2.45, 2.75) is 23.1 Å². The fourth-order valence-electron chi connectivity index (χ4n) is 2.19. The van der Waals surface area contributed by atoms with Gasteiger partial charge < -0.3 is 0 Å². The summed E-state index contributed by atoms with van der Waals surface area (Å²) in [5.41, 5.74) is -12.7. The van der Waals surface area contributed by atoms with Crippen LogP contribution < -0.4 is 9.44 Å². The number of hydrogen-bond donors (Lipinski definition) is 2. The zero-order valence-corrected chi connectivity index (χ0v) is 16.0. The molecular formula is C14H12F6N4O4S2. The van der Waals surface area contributed by atoms with Gasteiger partial charge in [-0.05, 0) is 24.3 Å². The van der Waals surface area contributed by atoms with E-state index in [4.69, 9.17) is 0 Å². The van der Waals surface area contributed by atoms with Gasteiger partial charge in [0.05, 0.1) is 23.5 Å². The number of hydrogen-bond acceptors (Lipinski definition) is 6. The number of nitrogens with zero attached hydrogens (tertiary/aromatic N) is 2. The fraction of sp³-hybridized carbons (Fsp3) is 0.286. The Balaban J connectivity index is 2.67. The van der Waals surface area contributed by atoms with Gasteiger partial charge in [0, 0.05) is 12.4 Å². The minimum Gasteiger partial charge on any atom is -0.260 e. The Bertz CT molecular complexity index is 974. The molecule has 2 aromatic rings. The molecular weight excluding hydrogens is 466 g/mol. The number of alkyl halides is 6. The van der Waals surface area contributed by atoms with Crippen LogP contribution in [0.15, 0.2) is 48.8 Å². The molecule has 16 heteroatoms. The summed E-state index contributed by atoms with van der Waals surface area (Å²) in [7, 11) is -12.2. The summed E-state index contributed by atoms with van der Waals surface area (Å²) in [4.78, 5) is 7.29. The Morgan fingerprint density at radius 2 is 1.00 bits per heavy atom. The molecule has 0 fully saturated rings. The molecule has 0 aliphatic carbocycles. The van der Waals surface area contributed by atoms with E-state index in [0.29, 0.717) is 0 Å². The van der Waals surface area contributed by atoms with Crippen LogP contribution in [0.3, 0.4) is 0 Å². The monoisotopic (exact) mass is 478 g/mol. The van der Waals surface area contributed by atoms with E-state index in [0.717, 1.165) is 24.5 Å². The second-order valence-corrected chi connectivity index (χ2v) is 9.01. The number of halogens is 6. The lowest BCUT2D eigenvalue weighted by molar-refractivity contribution is -0.0466. The quantitative estimate of drug-likeness (QED) is 0.589. The summed E-state index contributed by atoms with van der Waals surface area (Å²) in [6, 6.07) is 2.57. The van der Waals surface area contributed by atoms with Crippen molar-refractivity contribution in [1.29, 1.82) is 0 Å². The minimum absolute atomic E-state index is 0.495. The van der Waals surface area contributed by atoms with Gasteiger partial charge in [0.15, 0.2) is 0 Å². The molecule has 0 bridgehead atoms. The summed E-state index contributed by atoms with van der Waals surface area (Å²) >= 11 is 0. The standard InChI is InChI=1S/C14H12F6N4O4S2/c15-13(16,17)29(25,26)23-11(9-5-1-3-7-21-9)12(10-6-2-4-8-22-10)24-30(27,28)14(18,19)20/h1-8,11-12,23-24H/t11-,12-/m0/s1. The average Bonchev–Trinajstić information content (AvgIpc) is 2.64. The van der Waals surface area contributed by atoms with Crippen molar-refractivity contribution in [2.24, 2.45) is 0 Å². The second kappa shape index (κ2) is 8.44. The van der Waals surface area contributed by atoms with E-state index >= 15 is 0 Å². The molecule has 0 spiro atoms. The molecule has 30 heavy (non-hydrogen) atoms. The zero-order valence-electron chi connectivity index (χ0n) is 14.4. The summed E-state index contributed by atoms with van der Waals surface area (Å²) in [5, 5.41) is 0. The second-order valence-electron chi connectivity index (χ2n) is 5.60. The molecule has 2 N–H and O–H groups in total. The topological polar surface area (TPSA) is 118 Å². The molecule has 0 saturated carbocycles. The summed E-state index contributed by atoms with van der Waals surface area (Å²) in [6.07, 6.45) is 2.05. The molecule has 2 atom stereocenters. The number of rotatable bonds is 7. The van der Waals surface area contributed by atoms with Crippen LogP contribution in [0.1, 0.15) is 23.5 Å². The van der Waals surface area contributed by atoms with Crippen LogP contribution in [0, 0.1) is 0 Å². The van der Waals surface area contributed by atoms with Gasteiger partial charge in [-0.15, -0.1) is 0 Å². The first kappa shape index (κ1) is 24.0. The highest BCUT2D eigenvalue weighted by Gasteiger charge is 2.51. The number of nitrogens with one attached hydrogen (secondary N) is 2. The first-order valence-electron chi connectivity index (χ1n) is 7.65. The summed E-state index contributed by atoms with van der Waals surface area (Å²) in [6.45, 7) is 0. The van der Waals surface area contributed by atoms with Crippen molar-refractivity contribution in [1.82, 2.24) is 19.4 Å². The first-order chi connectivity index (χ1) is 13.7. The molecule has 2 heterocycles. The predicted molar refractivity (Wildman–Crippen MR) is 90.2 cm³/mol. The highest BCUT2D eigenvalue weighted by atomic mass is 32.2. The largest absolute Gasteiger partial charge is 0.511 e. The molecule has 2 rings (SSSR count). The minimum atomic E-state index is -6.12. The molecule has 0 aromatic carbocycles. The molecule has 0 aliphatic rings. The van der Waals surface area contributed by atoms with Crippen LogP contribution in [0.2, 0.25) is 0 Å². The molecule has 0 unspecified atom stereocenters. The lowest BCUT2D eigenvalue weighted by Crippen LogP contribution is -2.47. The third-order valence-electron chi connectivity index (χ3n) is 3.52. The summed E-state index contributed by atoms with van der Waals surface area (Å²) in [5.74, 6) is 0. The van der Waals surface area contributed by atoms with Gasteiger partial charge in [0.25, 0.3) is 0 Å². The van der Waals surface area contributed by atoms with E-state index < -0.39 is 54.5 Å². The number of sulfonamides is 2. The van der Waals surface area contributed by atoms with Crippen LogP contribution in [-0.2, 0) is 20.0 Å². The Morgan fingerprint density at radius 3 is 1.23 bits per heavy atom. The van der Waals surface area contributed by atoms with Crippen molar-refractivity contribution in [2.75, 3.05) is 0 Å². The van der Waals surface area contributed by atoms with Crippen LogP contribution in [-0.4, -0.2) is 37.8 Å². The number of aromatic nitrogens is 2. The highest BCUT2D eigenvalue weighted by Crippen LogP contribution is 2.34. The van der Waals surface area contributed by atoms with Gasteiger partial charge in [-0.25, -0.2) is 16.8 Å². The van der Waals surface area contributed by atoms with Crippen molar-refractivity contribution in [3.63, 3.8) is 0 Å². The molecule has 0 saturated heterocycles. The lowest BCUT2D eigenvalue weighted by atomic mass is 10.0. The van der Waals surface area contributed by atoms with E-state index in [-0.39, 0.29) is 0 Å². The van der Waals surface area contributed by atoms with E-state index in [9.17, 15) is 43.2 Å². The predicted octanol–water partition coefficient (Wildman–Crippen LogP) is 2.14. The van der Waals surface area contributed by atoms with Gasteiger partial charge in [-0.1, -0.05) is 12.1 Å². The van der Waals surface area contributed by atoms with Gasteiger partial charge >= 0.3 is 31.1 Å². The van der Waals surface area contributed by atoms with Crippen molar-refractivity contribution in [3.8, 4) is 0 Å². The Kier molecular flexibility index (Phi) is 6.75. The van der Waals surface area contributed by atoms with E-state index in [1.807, 2.05) is 0 Å². The van der Waals surface area contributed by atoms with Gasteiger partial charge in [-0.2, -0.15) is 35.8 Å². The van der Waals surface area contributed by atoms with Crippen molar-refractivity contribution in [3.05, 3.63) is 60.2 Å². The SMILES string of the molecule is O=S(=O)(N[C@@H](c1ccccn1)[C@@H](NS(=O)(=O)C(F)(F)F)c1ccccn1)C(F)(F)F. The molecule has 0 aliphatic heterocycles. The Morgan fingerprint density at radius 1 is 0.667 bits per heavy atom. The smallest absolute Gasteiger partial charge is 0.260 e. The average molecular weight is 478 g/mol. The number of pyridine rings is 2. The lowest BCUT2D eigenvalue weighted by Gasteiger charge is -2.28. The van der Waals surface area contributed by atoms with Gasteiger partial charge in [0.1, 0.15) is 0 Å². The maximum absolute atomic E-state index is 12.9. The van der Waals surface area contributed by atoms with Crippen molar-refractivity contribution < 1.29 is 43.2 Å². The Hall–Kier alpha value is -2.30. The molecule has 166 valence electrons. The maximum atomic E-state index is 12.9. The van der Waals surface area contributed by atoms with Crippen LogP contribution in [0.25, 0.3) is 0 Å². The zero-order chi connectivity index (χ0) is 22.8. The molecule has 2 aromatic heterocycles. The molecule has 8 nitrogen and oxygen atoms in total. The third-order valence-corrected chi connectivity index (χ3v) is 5.87. The van der Waals surface area contributed by atoms with E-state index in [1.54, 1.807) is 0 Å². The van der Waals surface area contributed by atoms with E-state index in [1.165, 1.54) is 33.7 Å². The first-order valence-corrected chi connectivity index (χ1v) is 10.6. The van der Waals surface area contributed by atoms with Crippen LogP contribution >= 0.6 is 0 Å². The third kappa shape index (κ3) is 5.44. The molecule has 0 radical (unpaired) electrons. The highest BCUT2D eigenvalue weighted by molar-refractivity contribution is 7.90. The maximum Gasteiger partial charge on any atom is 0.511 e.